The second kappa shape index (κ2) is 9.12. The molecule has 1 aliphatic rings. The van der Waals surface area contributed by atoms with Crippen molar-refractivity contribution < 1.29 is 17.6 Å². The fourth-order valence-corrected chi connectivity index (χ4v) is 5.15. The van der Waals surface area contributed by atoms with E-state index in [2.05, 4.69) is 16.9 Å². The van der Waals surface area contributed by atoms with Gasteiger partial charge in [-0.2, -0.15) is 0 Å². The van der Waals surface area contributed by atoms with Crippen LogP contribution in [0, 0.1) is 12.7 Å². The van der Waals surface area contributed by atoms with Gasteiger partial charge in [0.2, 0.25) is 0 Å². The number of carbonyl (C=O) groups is 1. The average molecular weight is 453 g/mol. The monoisotopic (exact) mass is 452 g/mol. The number of sulfonamides is 1. The molecule has 0 aromatic heterocycles. The van der Waals surface area contributed by atoms with Crippen molar-refractivity contribution in [3.05, 3.63) is 95.3 Å². The van der Waals surface area contributed by atoms with Crippen LogP contribution in [0.15, 0.2) is 77.7 Å². The first-order valence-corrected chi connectivity index (χ1v) is 12.0. The molecular weight excluding hydrogens is 427 g/mol. The summed E-state index contributed by atoms with van der Waals surface area (Å²) in [4.78, 5) is 14.7. The summed E-state index contributed by atoms with van der Waals surface area (Å²) in [7, 11) is -3.85. The first-order valence-electron chi connectivity index (χ1n) is 10.6. The Morgan fingerprint density at radius 2 is 1.62 bits per heavy atom. The molecule has 4 rings (SSSR count). The summed E-state index contributed by atoms with van der Waals surface area (Å²) in [6, 6.07) is 20.4. The number of nitrogens with one attached hydrogen (secondary N) is 1. The summed E-state index contributed by atoms with van der Waals surface area (Å²) in [5.74, 6) is -0.0492. The molecular formula is C25H25FN2O3S. The van der Waals surface area contributed by atoms with Gasteiger partial charge in [-0.25, -0.2) is 12.8 Å². The van der Waals surface area contributed by atoms with E-state index in [0.29, 0.717) is 30.3 Å². The van der Waals surface area contributed by atoms with E-state index in [4.69, 9.17) is 0 Å². The highest BCUT2D eigenvalue weighted by Crippen LogP contribution is 2.28. The normalized spacial score (nSPS) is 14.9. The molecule has 0 unspecified atom stereocenters. The predicted octanol–water partition coefficient (Wildman–Crippen LogP) is 4.95. The number of aryl methyl sites for hydroxylation is 1. The average Bonchev–Trinajstić information content (AvgIpc) is 2.81. The molecule has 0 radical (unpaired) electrons. The number of hydrogen-bond acceptors (Lipinski definition) is 3. The van der Waals surface area contributed by atoms with Crippen molar-refractivity contribution in [2.75, 3.05) is 17.8 Å². The molecule has 166 valence electrons. The van der Waals surface area contributed by atoms with E-state index in [-0.39, 0.29) is 16.4 Å². The maximum absolute atomic E-state index is 13.4. The summed E-state index contributed by atoms with van der Waals surface area (Å²) >= 11 is 0. The van der Waals surface area contributed by atoms with Crippen LogP contribution in [-0.4, -0.2) is 32.3 Å². The molecule has 1 fully saturated rings. The van der Waals surface area contributed by atoms with E-state index in [9.17, 15) is 17.6 Å². The summed E-state index contributed by atoms with van der Waals surface area (Å²) in [6.07, 6.45) is 1.84. The smallest absolute Gasteiger partial charge is 0.261 e. The van der Waals surface area contributed by atoms with Gasteiger partial charge in [-0.15, -0.1) is 0 Å². The van der Waals surface area contributed by atoms with Gasteiger partial charge in [-0.1, -0.05) is 30.3 Å². The number of likely N-dealkylation sites (tertiary alicyclic amines) is 1. The van der Waals surface area contributed by atoms with E-state index in [1.165, 1.54) is 24.6 Å². The van der Waals surface area contributed by atoms with Gasteiger partial charge in [0, 0.05) is 24.3 Å². The highest BCUT2D eigenvalue weighted by Gasteiger charge is 2.24. The third-order valence-electron chi connectivity index (χ3n) is 5.88. The number of rotatable bonds is 5. The molecule has 0 aliphatic carbocycles. The van der Waals surface area contributed by atoms with Crippen LogP contribution in [0.5, 0.6) is 0 Å². The lowest BCUT2D eigenvalue weighted by Crippen LogP contribution is -2.37. The van der Waals surface area contributed by atoms with Crippen molar-refractivity contribution in [1.29, 1.82) is 0 Å². The Morgan fingerprint density at radius 3 is 2.25 bits per heavy atom. The Bertz CT molecular complexity index is 1200. The van der Waals surface area contributed by atoms with Gasteiger partial charge in [0.15, 0.2) is 0 Å². The Labute approximate surface area is 187 Å². The molecule has 0 saturated carbocycles. The van der Waals surface area contributed by atoms with Crippen molar-refractivity contribution in [3.63, 3.8) is 0 Å². The molecule has 3 aromatic carbocycles. The molecule has 1 saturated heterocycles. The maximum Gasteiger partial charge on any atom is 0.261 e. The molecule has 32 heavy (non-hydrogen) atoms. The number of hydrogen-bond donors (Lipinski definition) is 1. The number of halogens is 1. The highest BCUT2D eigenvalue weighted by atomic mass is 32.2. The Kier molecular flexibility index (Phi) is 6.28. The summed E-state index contributed by atoms with van der Waals surface area (Å²) in [5, 5.41) is 0. The van der Waals surface area contributed by atoms with E-state index in [1.54, 1.807) is 24.3 Å². The fourth-order valence-electron chi connectivity index (χ4n) is 4.00. The van der Waals surface area contributed by atoms with Gasteiger partial charge in [0.25, 0.3) is 15.9 Å². The number of carbonyl (C=O) groups excluding carboxylic acids is 1. The van der Waals surface area contributed by atoms with E-state index < -0.39 is 15.8 Å². The highest BCUT2D eigenvalue weighted by molar-refractivity contribution is 7.92. The first kappa shape index (κ1) is 22.0. The number of nitrogens with zero attached hydrogens (tertiary/aromatic N) is 1. The van der Waals surface area contributed by atoms with Crippen LogP contribution >= 0.6 is 0 Å². The van der Waals surface area contributed by atoms with Crippen LogP contribution in [0.3, 0.4) is 0 Å². The van der Waals surface area contributed by atoms with Gasteiger partial charge in [0.1, 0.15) is 5.82 Å². The van der Waals surface area contributed by atoms with E-state index in [1.807, 2.05) is 23.1 Å². The molecule has 7 heteroatoms. The minimum Gasteiger partial charge on any atom is -0.339 e. The van der Waals surface area contributed by atoms with E-state index >= 15 is 0 Å². The molecule has 1 aliphatic heterocycles. The van der Waals surface area contributed by atoms with Gasteiger partial charge >= 0.3 is 0 Å². The lowest BCUT2D eigenvalue weighted by molar-refractivity contribution is 0.0713. The SMILES string of the molecule is Cc1cc(S(=O)(=O)Nc2ccc(C(=O)N3CCC(c4ccccc4)CC3)cc2)ccc1F. The van der Waals surface area contributed by atoms with Gasteiger partial charge in [-0.05, 0) is 79.3 Å². The van der Waals surface area contributed by atoms with Gasteiger partial charge < -0.3 is 4.90 Å². The summed E-state index contributed by atoms with van der Waals surface area (Å²) < 4.78 is 41.1. The Balaban J connectivity index is 1.39. The maximum atomic E-state index is 13.4. The standard InChI is InChI=1S/C25H25FN2O3S/c1-18-17-23(11-12-24(18)26)32(30,31)27-22-9-7-21(8-10-22)25(29)28-15-13-20(14-16-28)19-5-3-2-4-6-19/h2-12,17,20,27H,13-16H2,1H3. The zero-order chi connectivity index (χ0) is 22.7. The molecule has 5 nitrogen and oxygen atoms in total. The van der Waals surface area contributed by atoms with Crippen LogP contribution in [0.25, 0.3) is 0 Å². The second-order valence-corrected chi connectivity index (χ2v) is 9.75. The molecule has 1 N–H and O–H groups in total. The predicted molar refractivity (Wildman–Crippen MR) is 123 cm³/mol. The molecule has 0 spiro atoms. The van der Waals surface area contributed by atoms with Crippen LogP contribution in [-0.2, 0) is 10.0 Å². The Morgan fingerprint density at radius 1 is 0.969 bits per heavy atom. The third kappa shape index (κ3) is 4.83. The number of anilines is 1. The van der Waals surface area contributed by atoms with Crippen molar-refractivity contribution in [2.24, 2.45) is 0 Å². The lowest BCUT2D eigenvalue weighted by atomic mass is 9.89. The molecule has 1 amide bonds. The topological polar surface area (TPSA) is 66.5 Å². The van der Waals surface area contributed by atoms with Gasteiger partial charge in [-0.3, -0.25) is 9.52 Å². The van der Waals surface area contributed by atoms with Crippen LogP contribution in [0.2, 0.25) is 0 Å². The van der Waals surface area contributed by atoms with Crippen molar-refractivity contribution in [3.8, 4) is 0 Å². The molecule has 3 aromatic rings. The zero-order valence-corrected chi connectivity index (χ0v) is 18.6. The number of amides is 1. The fraction of sp³-hybridized carbons (Fsp3) is 0.240. The van der Waals surface area contributed by atoms with Crippen LogP contribution < -0.4 is 4.72 Å². The zero-order valence-electron chi connectivity index (χ0n) is 17.8. The van der Waals surface area contributed by atoms with E-state index in [0.717, 1.165) is 18.9 Å². The molecule has 0 atom stereocenters. The third-order valence-corrected chi connectivity index (χ3v) is 7.26. The Hall–Kier alpha value is -3.19. The second-order valence-electron chi connectivity index (χ2n) is 8.07. The largest absolute Gasteiger partial charge is 0.339 e. The summed E-state index contributed by atoms with van der Waals surface area (Å²) in [6.45, 7) is 2.89. The first-order chi connectivity index (χ1) is 15.3. The van der Waals surface area contributed by atoms with Crippen LogP contribution in [0.1, 0.15) is 40.2 Å². The van der Waals surface area contributed by atoms with Gasteiger partial charge in [0.05, 0.1) is 4.90 Å². The molecule has 1 heterocycles. The number of piperidine rings is 1. The quantitative estimate of drug-likeness (QED) is 0.595. The van der Waals surface area contributed by atoms with Crippen LogP contribution in [0.4, 0.5) is 10.1 Å². The van der Waals surface area contributed by atoms with Crippen molar-refractivity contribution in [1.82, 2.24) is 4.90 Å². The number of benzene rings is 3. The molecule has 0 bridgehead atoms. The van der Waals surface area contributed by atoms with Crippen molar-refractivity contribution in [2.45, 2.75) is 30.6 Å². The summed E-state index contributed by atoms with van der Waals surface area (Å²) in [5.41, 5.74) is 2.42. The van der Waals surface area contributed by atoms with Crippen molar-refractivity contribution >= 4 is 21.6 Å². The lowest BCUT2D eigenvalue weighted by Gasteiger charge is -2.32. The minimum absolute atomic E-state index is 0.0159. The minimum atomic E-state index is -3.85.